The fraction of sp³-hybridized carbons (Fsp3) is 0.636. The lowest BCUT2D eigenvalue weighted by Crippen LogP contribution is -2.15. The molecule has 2 N–H and O–H groups in total. The van der Waals surface area contributed by atoms with Crippen LogP contribution in [0.25, 0.3) is 0 Å². The molecule has 0 saturated heterocycles. The minimum absolute atomic E-state index is 0.353. The molecular formula is C11H19N3O2. The molecule has 0 amide bonds. The molecule has 1 rings (SSSR count). The van der Waals surface area contributed by atoms with Crippen molar-refractivity contribution < 1.29 is 9.53 Å². The Balaban J connectivity index is 2.62. The van der Waals surface area contributed by atoms with Gasteiger partial charge in [0.1, 0.15) is 0 Å². The summed E-state index contributed by atoms with van der Waals surface area (Å²) < 4.78 is 6.69. The van der Waals surface area contributed by atoms with Crippen molar-refractivity contribution >= 4 is 11.7 Å². The van der Waals surface area contributed by atoms with E-state index in [2.05, 4.69) is 18.9 Å². The number of nitrogens with two attached hydrogens (primary N) is 1. The number of hydrogen-bond acceptors (Lipinski definition) is 4. The standard InChI is InChI=1S/C11H19N3O2/c1-4-14-10(9(12)7-13-14)11(15)16-6-5-8(2)3/h7-8H,4-6,12H2,1-3H3. The molecule has 1 aromatic rings. The fourth-order valence-corrected chi connectivity index (χ4v) is 1.32. The molecule has 0 atom stereocenters. The van der Waals surface area contributed by atoms with Crippen molar-refractivity contribution in [2.45, 2.75) is 33.7 Å². The van der Waals surface area contributed by atoms with Gasteiger partial charge in [0.15, 0.2) is 5.69 Å². The number of aromatic nitrogens is 2. The highest BCUT2D eigenvalue weighted by atomic mass is 16.5. The summed E-state index contributed by atoms with van der Waals surface area (Å²) in [7, 11) is 0. The molecule has 90 valence electrons. The molecular weight excluding hydrogens is 206 g/mol. The van der Waals surface area contributed by atoms with Crippen molar-refractivity contribution in [3.05, 3.63) is 11.9 Å². The second kappa shape index (κ2) is 5.53. The molecule has 0 fully saturated rings. The Hall–Kier alpha value is -1.52. The highest BCUT2D eigenvalue weighted by molar-refractivity contribution is 5.93. The van der Waals surface area contributed by atoms with Gasteiger partial charge >= 0.3 is 5.97 Å². The fourth-order valence-electron chi connectivity index (χ4n) is 1.32. The van der Waals surface area contributed by atoms with Crippen LogP contribution in [0.2, 0.25) is 0 Å². The number of carbonyl (C=O) groups is 1. The molecule has 1 aromatic heterocycles. The smallest absolute Gasteiger partial charge is 0.358 e. The minimum Gasteiger partial charge on any atom is -0.461 e. The molecule has 0 radical (unpaired) electrons. The van der Waals surface area contributed by atoms with Crippen LogP contribution in [0.4, 0.5) is 5.69 Å². The molecule has 16 heavy (non-hydrogen) atoms. The SMILES string of the molecule is CCn1ncc(N)c1C(=O)OCCC(C)C. The molecule has 0 aliphatic heterocycles. The third kappa shape index (κ3) is 2.98. The van der Waals surface area contributed by atoms with Crippen LogP contribution in [0.5, 0.6) is 0 Å². The predicted molar refractivity (Wildman–Crippen MR) is 62.1 cm³/mol. The monoisotopic (exact) mass is 225 g/mol. The maximum atomic E-state index is 11.7. The summed E-state index contributed by atoms with van der Waals surface area (Å²) in [5.41, 5.74) is 6.39. The van der Waals surface area contributed by atoms with Crippen molar-refractivity contribution in [3.63, 3.8) is 0 Å². The predicted octanol–water partition coefficient (Wildman–Crippen LogP) is 1.69. The third-order valence-electron chi connectivity index (χ3n) is 2.29. The maximum Gasteiger partial charge on any atom is 0.358 e. The van der Waals surface area contributed by atoms with Crippen LogP contribution in [-0.4, -0.2) is 22.4 Å². The van der Waals surface area contributed by atoms with Gasteiger partial charge < -0.3 is 10.5 Å². The van der Waals surface area contributed by atoms with Gasteiger partial charge in [0, 0.05) is 6.54 Å². The third-order valence-corrected chi connectivity index (χ3v) is 2.29. The van der Waals surface area contributed by atoms with Gasteiger partial charge in [-0.2, -0.15) is 5.10 Å². The lowest BCUT2D eigenvalue weighted by Gasteiger charge is -2.08. The highest BCUT2D eigenvalue weighted by Crippen LogP contribution is 2.12. The summed E-state index contributed by atoms with van der Waals surface area (Å²) in [5.74, 6) is 0.124. The van der Waals surface area contributed by atoms with E-state index in [0.717, 1.165) is 6.42 Å². The highest BCUT2D eigenvalue weighted by Gasteiger charge is 2.17. The van der Waals surface area contributed by atoms with Crippen LogP contribution in [0.15, 0.2) is 6.20 Å². The molecule has 0 aliphatic rings. The Kier molecular flexibility index (Phi) is 4.34. The number of nitrogen functional groups attached to an aromatic ring is 1. The molecule has 5 heteroatoms. The Morgan fingerprint density at radius 1 is 1.62 bits per heavy atom. The first-order valence-electron chi connectivity index (χ1n) is 5.54. The second-order valence-electron chi connectivity index (χ2n) is 4.08. The lowest BCUT2D eigenvalue weighted by atomic mass is 10.1. The van der Waals surface area contributed by atoms with Gasteiger partial charge in [-0.05, 0) is 19.3 Å². The van der Waals surface area contributed by atoms with Gasteiger partial charge in [0.25, 0.3) is 0 Å². The van der Waals surface area contributed by atoms with Gasteiger partial charge in [-0.1, -0.05) is 13.8 Å². The number of carbonyl (C=O) groups excluding carboxylic acids is 1. The van der Waals surface area contributed by atoms with Gasteiger partial charge in [-0.3, -0.25) is 4.68 Å². The first-order chi connectivity index (χ1) is 7.56. The van der Waals surface area contributed by atoms with Crippen LogP contribution in [-0.2, 0) is 11.3 Å². The molecule has 0 unspecified atom stereocenters. The number of rotatable bonds is 5. The van der Waals surface area contributed by atoms with Gasteiger partial charge in [-0.15, -0.1) is 0 Å². The zero-order chi connectivity index (χ0) is 12.1. The summed E-state index contributed by atoms with van der Waals surface area (Å²) in [6.45, 7) is 7.09. The average molecular weight is 225 g/mol. The number of ether oxygens (including phenoxy) is 1. The quantitative estimate of drug-likeness (QED) is 0.774. The van der Waals surface area contributed by atoms with Crippen LogP contribution < -0.4 is 5.73 Å². The van der Waals surface area contributed by atoms with E-state index in [-0.39, 0.29) is 0 Å². The van der Waals surface area contributed by atoms with Gasteiger partial charge in [-0.25, -0.2) is 4.79 Å². The number of hydrogen-bond donors (Lipinski definition) is 1. The number of nitrogens with zero attached hydrogens (tertiary/aromatic N) is 2. The molecule has 5 nitrogen and oxygen atoms in total. The zero-order valence-corrected chi connectivity index (χ0v) is 10.1. The Bertz CT molecular complexity index is 358. The molecule has 0 aliphatic carbocycles. The topological polar surface area (TPSA) is 70.1 Å². The van der Waals surface area contributed by atoms with E-state index in [9.17, 15) is 4.79 Å². The summed E-state index contributed by atoms with van der Waals surface area (Å²) in [6.07, 6.45) is 2.33. The minimum atomic E-state index is -0.391. The number of aryl methyl sites for hydroxylation is 1. The van der Waals surface area contributed by atoms with E-state index < -0.39 is 5.97 Å². The van der Waals surface area contributed by atoms with E-state index in [0.29, 0.717) is 30.5 Å². The zero-order valence-electron chi connectivity index (χ0n) is 10.1. The number of anilines is 1. The van der Waals surface area contributed by atoms with Gasteiger partial charge in [0.05, 0.1) is 18.5 Å². The van der Waals surface area contributed by atoms with E-state index in [1.807, 2.05) is 6.92 Å². The summed E-state index contributed by atoms with van der Waals surface area (Å²) in [6, 6.07) is 0. The second-order valence-corrected chi connectivity index (χ2v) is 4.08. The van der Waals surface area contributed by atoms with Gasteiger partial charge in [0.2, 0.25) is 0 Å². The van der Waals surface area contributed by atoms with Crippen molar-refractivity contribution in [2.75, 3.05) is 12.3 Å². The van der Waals surface area contributed by atoms with Crippen molar-refractivity contribution in [2.24, 2.45) is 5.92 Å². The Labute approximate surface area is 95.6 Å². The molecule has 0 saturated carbocycles. The number of esters is 1. The Morgan fingerprint density at radius 3 is 2.88 bits per heavy atom. The molecule has 0 aromatic carbocycles. The van der Waals surface area contributed by atoms with Crippen molar-refractivity contribution in [1.29, 1.82) is 0 Å². The average Bonchev–Trinajstić information content (AvgIpc) is 2.58. The van der Waals surface area contributed by atoms with Crippen LogP contribution >= 0.6 is 0 Å². The van der Waals surface area contributed by atoms with Crippen LogP contribution in [0.3, 0.4) is 0 Å². The van der Waals surface area contributed by atoms with E-state index in [1.54, 1.807) is 4.68 Å². The lowest BCUT2D eigenvalue weighted by molar-refractivity contribution is 0.0475. The Morgan fingerprint density at radius 2 is 2.31 bits per heavy atom. The molecule has 0 bridgehead atoms. The molecule has 0 spiro atoms. The van der Waals surface area contributed by atoms with Crippen LogP contribution in [0, 0.1) is 5.92 Å². The largest absolute Gasteiger partial charge is 0.461 e. The molecule has 1 heterocycles. The maximum absolute atomic E-state index is 11.7. The summed E-state index contributed by atoms with van der Waals surface area (Å²) in [4.78, 5) is 11.7. The normalized spacial score (nSPS) is 10.8. The van der Waals surface area contributed by atoms with Crippen molar-refractivity contribution in [1.82, 2.24) is 9.78 Å². The van der Waals surface area contributed by atoms with E-state index >= 15 is 0 Å². The van der Waals surface area contributed by atoms with E-state index in [1.165, 1.54) is 6.20 Å². The van der Waals surface area contributed by atoms with Crippen LogP contribution in [0.1, 0.15) is 37.7 Å². The first kappa shape index (κ1) is 12.5. The van der Waals surface area contributed by atoms with E-state index in [4.69, 9.17) is 10.5 Å². The van der Waals surface area contributed by atoms with Crippen molar-refractivity contribution in [3.8, 4) is 0 Å². The summed E-state index contributed by atoms with van der Waals surface area (Å²) >= 11 is 0. The first-order valence-corrected chi connectivity index (χ1v) is 5.54. The summed E-state index contributed by atoms with van der Waals surface area (Å²) in [5, 5.41) is 3.99.